The lowest BCUT2D eigenvalue weighted by Crippen LogP contribution is -2.32. The molecule has 0 atom stereocenters. The van der Waals surface area contributed by atoms with E-state index in [9.17, 15) is 8.78 Å². The van der Waals surface area contributed by atoms with E-state index in [1.165, 1.54) is 77.0 Å². The Morgan fingerprint density at radius 1 is 0.720 bits per heavy atom. The Hall–Kier alpha value is 0.560. The summed E-state index contributed by atoms with van der Waals surface area (Å²) in [6.07, 6.45) is 16.9. The van der Waals surface area contributed by atoms with Crippen LogP contribution in [0.5, 0.6) is 0 Å². The molecule has 0 aromatic rings. The number of unbranched alkanes of at least 4 members (excludes halogenated alkanes) is 2. The van der Waals surface area contributed by atoms with Gasteiger partial charge in [-0.1, -0.05) is 69.0 Å². The Bertz CT molecular complexity index is 375. The van der Waals surface area contributed by atoms with E-state index in [0.29, 0.717) is 17.4 Å². The summed E-state index contributed by atoms with van der Waals surface area (Å²) in [5, 5.41) is 0. The third-order valence-electron chi connectivity index (χ3n) is 7.19. The third kappa shape index (κ3) is 6.02. The monoisotopic (exact) mass is 390 g/mol. The van der Waals surface area contributed by atoms with Crippen molar-refractivity contribution < 1.29 is 8.78 Å². The van der Waals surface area contributed by atoms with E-state index in [4.69, 9.17) is 0 Å². The van der Waals surface area contributed by atoms with Gasteiger partial charge in [-0.25, -0.2) is 0 Å². The molecule has 2 aliphatic carbocycles. The van der Waals surface area contributed by atoms with Crippen LogP contribution in [0.3, 0.4) is 0 Å². The topological polar surface area (TPSA) is 0 Å². The first-order chi connectivity index (χ1) is 12.1. The van der Waals surface area contributed by atoms with Crippen molar-refractivity contribution >= 4 is 23.5 Å². The minimum absolute atomic E-state index is 0.532. The van der Waals surface area contributed by atoms with Crippen molar-refractivity contribution in [2.24, 2.45) is 29.6 Å². The summed E-state index contributed by atoms with van der Waals surface area (Å²) >= 11 is 1.78. The van der Waals surface area contributed by atoms with Crippen LogP contribution in [0.4, 0.5) is 8.78 Å². The van der Waals surface area contributed by atoms with Gasteiger partial charge in [0.05, 0.1) is 0 Å². The number of rotatable bonds is 6. The standard InChI is InChI=1S/C21H36F2S2/c1-2-3-4-5-16-6-8-17(9-7-16)18-10-12-19(13-11-18)20-14-24-21(22,23)25-15-20/h16-20H,2-15H2,1H3. The van der Waals surface area contributed by atoms with Gasteiger partial charge in [0.25, 0.3) is 0 Å². The molecule has 1 aliphatic heterocycles. The number of halogens is 2. The number of alkyl halides is 2. The first kappa shape index (κ1) is 20.3. The van der Waals surface area contributed by atoms with Crippen LogP contribution >= 0.6 is 23.5 Å². The Balaban J connectivity index is 1.34. The zero-order chi connectivity index (χ0) is 17.7. The second kappa shape index (κ2) is 9.66. The fourth-order valence-corrected chi connectivity index (χ4v) is 7.98. The zero-order valence-corrected chi connectivity index (χ0v) is 17.5. The van der Waals surface area contributed by atoms with E-state index in [-0.39, 0.29) is 0 Å². The molecule has 4 heteroatoms. The molecule has 0 aromatic heterocycles. The maximum atomic E-state index is 13.3. The molecule has 0 bridgehead atoms. The second-order valence-corrected chi connectivity index (χ2v) is 11.3. The predicted octanol–water partition coefficient (Wildman–Crippen LogP) is 7.83. The molecule has 0 spiro atoms. The first-order valence-corrected chi connectivity index (χ1v) is 12.7. The molecule has 0 aromatic carbocycles. The van der Waals surface area contributed by atoms with Crippen LogP contribution in [-0.4, -0.2) is 16.1 Å². The first-order valence-electron chi connectivity index (χ1n) is 10.7. The maximum Gasteiger partial charge on any atom is 0.341 e. The lowest BCUT2D eigenvalue weighted by molar-refractivity contribution is 0.129. The summed E-state index contributed by atoms with van der Waals surface area (Å²) in [4.78, 5) is 0. The Morgan fingerprint density at radius 3 is 1.72 bits per heavy atom. The predicted molar refractivity (Wildman–Crippen MR) is 108 cm³/mol. The number of hydrogen-bond donors (Lipinski definition) is 0. The highest BCUT2D eigenvalue weighted by Gasteiger charge is 2.40. The van der Waals surface area contributed by atoms with E-state index in [1.807, 2.05) is 0 Å². The van der Waals surface area contributed by atoms with Gasteiger partial charge in [0, 0.05) is 11.5 Å². The summed E-state index contributed by atoms with van der Waals surface area (Å²) in [6.45, 7) is 2.30. The van der Waals surface area contributed by atoms with Gasteiger partial charge < -0.3 is 0 Å². The number of thioether (sulfide) groups is 2. The molecule has 0 unspecified atom stereocenters. The average Bonchev–Trinajstić information content (AvgIpc) is 2.63. The second-order valence-electron chi connectivity index (χ2n) is 8.80. The summed E-state index contributed by atoms with van der Waals surface area (Å²) in [5.41, 5.74) is 0. The molecule has 0 radical (unpaired) electrons. The molecule has 0 N–H and O–H groups in total. The highest BCUT2D eigenvalue weighted by atomic mass is 32.2. The summed E-state index contributed by atoms with van der Waals surface area (Å²) in [7, 11) is 0. The third-order valence-corrected chi connectivity index (χ3v) is 9.76. The van der Waals surface area contributed by atoms with Crippen molar-refractivity contribution in [3.8, 4) is 0 Å². The van der Waals surface area contributed by atoms with Crippen LogP contribution in [0.2, 0.25) is 0 Å². The molecule has 146 valence electrons. The molecule has 3 aliphatic rings. The largest absolute Gasteiger partial charge is 0.341 e. The Kier molecular flexibility index (Phi) is 7.85. The highest BCUT2D eigenvalue weighted by molar-refractivity contribution is 8.18. The van der Waals surface area contributed by atoms with E-state index in [2.05, 4.69) is 6.92 Å². The molecule has 1 heterocycles. The van der Waals surface area contributed by atoms with E-state index in [1.54, 1.807) is 0 Å². The molecule has 3 rings (SSSR count). The van der Waals surface area contributed by atoms with Crippen LogP contribution in [0, 0.1) is 29.6 Å². The van der Waals surface area contributed by atoms with Crippen LogP contribution < -0.4 is 0 Å². The molecular formula is C21H36F2S2. The van der Waals surface area contributed by atoms with Gasteiger partial charge in [-0.15, -0.1) is 0 Å². The lowest BCUT2D eigenvalue weighted by atomic mass is 9.67. The van der Waals surface area contributed by atoms with Crippen LogP contribution in [0.25, 0.3) is 0 Å². The lowest BCUT2D eigenvalue weighted by Gasteiger charge is -2.41. The normalized spacial score (nSPS) is 37.1. The van der Waals surface area contributed by atoms with E-state index >= 15 is 0 Å². The molecule has 3 fully saturated rings. The van der Waals surface area contributed by atoms with Crippen molar-refractivity contribution in [3.05, 3.63) is 0 Å². The maximum absolute atomic E-state index is 13.3. The van der Waals surface area contributed by atoms with E-state index < -0.39 is 4.59 Å². The quantitative estimate of drug-likeness (QED) is 0.424. The summed E-state index contributed by atoms with van der Waals surface area (Å²) in [5.74, 6) is 5.54. The van der Waals surface area contributed by atoms with Crippen molar-refractivity contribution in [1.82, 2.24) is 0 Å². The van der Waals surface area contributed by atoms with Crippen molar-refractivity contribution in [2.75, 3.05) is 11.5 Å². The highest BCUT2D eigenvalue weighted by Crippen LogP contribution is 2.51. The molecule has 1 saturated heterocycles. The van der Waals surface area contributed by atoms with Gasteiger partial charge in [0.1, 0.15) is 0 Å². The van der Waals surface area contributed by atoms with Crippen molar-refractivity contribution in [3.63, 3.8) is 0 Å². The minimum atomic E-state index is -2.52. The van der Waals surface area contributed by atoms with Gasteiger partial charge in [-0.05, 0) is 68.1 Å². The summed E-state index contributed by atoms with van der Waals surface area (Å²) < 4.78 is 24.1. The van der Waals surface area contributed by atoms with Gasteiger partial charge in [-0.2, -0.15) is 8.78 Å². The molecule has 2 saturated carbocycles. The SMILES string of the molecule is CCCCCC1CCC(C2CCC(C3CSC(F)(F)SC3)CC2)CC1. The molecular weight excluding hydrogens is 354 g/mol. The molecule has 0 amide bonds. The van der Waals surface area contributed by atoms with Gasteiger partial charge in [0.15, 0.2) is 0 Å². The minimum Gasteiger partial charge on any atom is -0.182 e. The van der Waals surface area contributed by atoms with Crippen molar-refractivity contribution in [2.45, 2.75) is 88.6 Å². The Morgan fingerprint density at radius 2 is 1.20 bits per heavy atom. The van der Waals surface area contributed by atoms with Gasteiger partial charge >= 0.3 is 4.59 Å². The van der Waals surface area contributed by atoms with Crippen LogP contribution in [0.1, 0.15) is 84.0 Å². The smallest absolute Gasteiger partial charge is 0.182 e. The molecule has 25 heavy (non-hydrogen) atoms. The Labute approximate surface area is 162 Å². The van der Waals surface area contributed by atoms with Gasteiger partial charge in [0.2, 0.25) is 0 Å². The molecule has 0 nitrogen and oxygen atoms in total. The number of hydrogen-bond acceptors (Lipinski definition) is 2. The van der Waals surface area contributed by atoms with Crippen molar-refractivity contribution in [1.29, 1.82) is 0 Å². The zero-order valence-electron chi connectivity index (χ0n) is 15.9. The van der Waals surface area contributed by atoms with E-state index in [0.717, 1.165) is 47.2 Å². The average molecular weight is 391 g/mol. The van der Waals surface area contributed by atoms with Crippen LogP contribution in [0.15, 0.2) is 0 Å². The fourth-order valence-electron chi connectivity index (χ4n) is 5.49. The summed E-state index contributed by atoms with van der Waals surface area (Å²) in [6, 6.07) is 0. The van der Waals surface area contributed by atoms with Gasteiger partial charge in [-0.3, -0.25) is 0 Å². The van der Waals surface area contributed by atoms with Crippen LogP contribution in [-0.2, 0) is 0 Å². The fraction of sp³-hybridized carbons (Fsp3) is 1.00.